The molecule has 23 heteroatoms. The Labute approximate surface area is 387 Å². The summed E-state index contributed by atoms with van der Waals surface area (Å²) in [4.78, 5) is 51.1. The number of esters is 3. The molecule has 15 unspecified atom stereocenters. The van der Waals surface area contributed by atoms with Crippen LogP contribution in [0.5, 0.6) is 23.0 Å². The van der Waals surface area contributed by atoms with Crippen molar-refractivity contribution in [3.05, 3.63) is 57.8 Å². The van der Waals surface area contributed by atoms with E-state index in [1.165, 1.54) is 38.3 Å². The van der Waals surface area contributed by atoms with Crippen LogP contribution in [-0.4, -0.2) is 171 Å². The fraction of sp³-hybridized carbons (Fsp3) is 0.556. The summed E-state index contributed by atoms with van der Waals surface area (Å²) in [6, 6.07) is 7.08. The minimum absolute atomic E-state index is 0.0365. The lowest BCUT2D eigenvalue weighted by Crippen LogP contribution is -2.65. The molecule has 3 aromatic rings. The van der Waals surface area contributed by atoms with E-state index in [1.807, 2.05) is 0 Å². The summed E-state index contributed by atoms with van der Waals surface area (Å²) in [6.07, 6.45) is -24.1. The first-order valence-corrected chi connectivity index (χ1v) is 21.4. The van der Waals surface area contributed by atoms with Gasteiger partial charge in [-0.1, -0.05) is 11.6 Å². The molecule has 8 N–H and O–H groups in total. The lowest BCUT2D eigenvalue weighted by Gasteiger charge is -2.46. The van der Waals surface area contributed by atoms with E-state index in [0.29, 0.717) is 5.75 Å². The summed E-state index contributed by atoms with van der Waals surface area (Å²) in [6.45, 7) is 6.75. The van der Waals surface area contributed by atoms with E-state index in [-0.39, 0.29) is 34.6 Å². The second kappa shape index (κ2) is 21.9. The third kappa shape index (κ3) is 11.2. The molecule has 3 fully saturated rings. The zero-order valence-electron chi connectivity index (χ0n) is 37.9. The summed E-state index contributed by atoms with van der Waals surface area (Å²) < 4.78 is 63.4. The molecule has 3 aliphatic heterocycles. The molecular weight excluding hydrogens is 908 g/mol. The molecule has 0 saturated carbocycles. The monoisotopic (exact) mass is 964 g/mol. The molecule has 0 radical (unpaired) electrons. The van der Waals surface area contributed by atoms with E-state index >= 15 is 4.79 Å². The number of fused-ring (bicyclic) bond motifs is 1. The van der Waals surface area contributed by atoms with Crippen LogP contribution < -0.4 is 19.6 Å². The largest absolute Gasteiger partial charge is 0.507 e. The fourth-order valence-electron chi connectivity index (χ4n) is 7.84. The molecule has 0 bridgehead atoms. The summed E-state index contributed by atoms with van der Waals surface area (Å²) in [7, 11) is 1.42. The molecule has 68 heavy (non-hydrogen) atoms. The molecule has 23 nitrogen and oxygen atoms in total. The summed E-state index contributed by atoms with van der Waals surface area (Å²) in [5.74, 6) is -4.08. The number of carbonyl (C=O) groups excluding carboxylic acids is 3. The maximum atomic E-state index is 15.0. The maximum absolute atomic E-state index is 15.0. The van der Waals surface area contributed by atoms with Crippen LogP contribution >= 0.6 is 0 Å². The number of aliphatic hydroxyl groups excluding tert-OH is 7. The molecule has 3 saturated heterocycles. The molecule has 2 aromatic carbocycles. The van der Waals surface area contributed by atoms with Gasteiger partial charge in [-0.05, 0) is 51.5 Å². The fourth-order valence-corrected chi connectivity index (χ4v) is 7.84. The molecule has 0 amide bonds. The van der Waals surface area contributed by atoms with E-state index in [1.54, 1.807) is 19.9 Å². The Morgan fingerprint density at radius 1 is 0.721 bits per heavy atom. The number of aromatic hydroxyl groups is 1. The number of benzene rings is 2. The number of phenols is 1. The number of rotatable bonds is 15. The topological polar surface area (TPSA) is 336 Å². The Morgan fingerprint density at radius 2 is 1.37 bits per heavy atom. The van der Waals surface area contributed by atoms with Gasteiger partial charge in [0.15, 0.2) is 30.4 Å². The van der Waals surface area contributed by atoms with Crippen molar-refractivity contribution in [3.63, 3.8) is 0 Å². The number of phenolic OH excluding ortho intramolecular Hbond substituents is 1. The Balaban J connectivity index is 1.51. The van der Waals surface area contributed by atoms with Crippen LogP contribution in [0.1, 0.15) is 47.1 Å². The van der Waals surface area contributed by atoms with Crippen molar-refractivity contribution in [2.24, 2.45) is 0 Å². The van der Waals surface area contributed by atoms with Crippen molar-refractivity contribution in [2.45, 2.75) is 140 Å². The lowest BCUT2D eigenvalue weighted by molar-refractivity contribution is -0.356. The molecule has 4 heterocycles. The smallest absolute Gasteiger partial charge is 0.303 e. The minimum atomic E-state index is -2.00. The molecule has 0 aliphatic carbocycles. The zero-order chi connectivity index (χ0) is 49.9. The summed E-state index contributed by atoms with van der Waals surface area (Å²) in [5, 5.41) is 87.0. The average molecular weight is 965 g/mol. The van der Waals surface area contributed by atoms with Crippen molar-refractivity contribution >= 4 is 28.9 Å². The van der Waals surface area contributed by atoms with Crippen LogP contribution in [0.15, 0.2) is 51.2 Å². The Morgan fingerprint density at radius 3 is 1.97 bits per heavy atom. The minimum Gasteiger partial charge on any atom is -0.507 e. The van der Waals surface area contributed by atoms with Gasteiger partial charge in [-0.25, -0.2) is 0 Å². The predicted octanol–water partition coefficient (Wildman–Crippen LogP) is -0.395. The predicted molar refractivity (Wildman–Crippen MR) is 228 cm³/mol. The Hall–Kier alpha value is -5.44. The summed E-state index contributed by atoms with van der Waals surface area (Å²) >= 11 is 0. The van der Waals surface area contributed by atoms with Crippen LogP contribution in [0.25, 0.3) is 22.3 Å². The molecule has 374 valence electrons. The third-order valence-electron chi connectivity index (χ3n) is 11.3. The normalized spacial score (nSPS) is 31.6. The molecule has 3 aliphatic rings. The van der Waals surface area contributed by atoms with Crippen LogP contribution in [0, 0.1) is 0 Å². The van der Waals surface area contributed by atoms with Gasteiger partial charge in [0.25, 0.3) is 0 Å². The number of methoxy groups -OCH3 is 1. The first-order valence-electron chi connectivity index (χ1n) is 21.4. The van der Waals surface area contributed by atoms with E-state index < -0.39 is 146 Å². The van der Waals surface area contributed by atoms with Gasteiger partial charge in [0.1, 0.15) is 83.7 Å². The van der Waals surface area contributed by atoms with Crippen LogP contribution in [-0.2, 0) is 54.0 Å². The van der Waals surface area contributed by atoms with Crippen molar-refractivity contribution < 1.29 is 107 Å². The molecule has 1 aromatic heterocycles. The Bertz CT molecular complexity index is 2360. The van der Waals surface area contributed by atoms with Gasteiger partial charge in [0, 0.05) is 38.0 Å². The highest BCUT2D eigenvalue weighted by atomic mass is 16.8. The number of ether oxygens (including phenoxy) is 10. The molecule has 6 rings (SSSR count). The highest BCUT2D eigenvalue weighted by molar-refractivity contribution is 5.91. The Kier molecular flexibility index (Phi) is 16.7. The average Bonchev–Trinajstić information content (AvgIpc) is 3.28. The zero-order valence-corrected chi connectivity index (χ0v) is 37.9. The number of allylic oxidation sites excluding steroid dienone is 2. The second-order valence-electron chi connectivity index (χ2n) is 16.6. The van der Waals surface area contributed by atoms with Gasteiger partial charge in [-0.3, -0.25) is 19.2 Å². The van der Waals surface area contributed by atoms with Gasteiger partial charge < -0.3 is 92.6 Å². The number of carbonyl (C=O) groups is 3. The first-order chi connectivity index (χ1) is 32.1. The van der Waals surface area contributed by atoms with Crippen LogP contribution in [0.4, 0.5) is 0 Å². The number of hydrogen-bond acceptors (Lipinski definition) is 23. The number of aliphatic hydroxyl groups is 7. The van der Waals surface area contributed by atoms with Gasteiger partial charge >= 0.3 is 17.9 Å². The van der Waals surface area contributed by atoms with Gasteiger partial charge in [-0.2, -0.15) is 0 Å². The van der Waals surface area contributed by atoms with Crippen LogP contribution in [0.2, 0.25) is 0 Å². The molecular formula is C45H56O23. The third-order valence-corrected chi connectivity index (χ3v) is 11.3. The summed E-state index contributed by atoms with van der Waals surface area (Å²) in [5.41, 5.74) is -0.230. The van der Waals surface area contributed by atoms with Crippen molar-refractivity contribution in [1.29, 1.82) is 0 Å². The second-order valence-corrected chi connectivity index (χ2v) is 16.6. The van der Waals surface area contributed by atoms with Crippen molar-refractivity contribution in [3.8, 4) is 34.3 Å². The molecule has 15 atom stereocenters. The molecule has 0 spiro atoms. The van der Waals surface area contributed by atoms with E-state index in [9.17, 15) is 55.2 Å². The van der Waals surface area contributed by atoms with Gasteiger partial charge in [0.05, 0.1) is 19.8 Å². The highest BCUT2D eigenvalue weighted by Gasteiger charge is 2.54. The van der Waals surface area contributed by atoms with Gasteiger partial charge in [-0.15, -0.1) is 0 Å². The van der Waals surface area contributed by atoms with Crippen molar-refractivity contribution in [2.75, 3.05) is 20.3 Å². The van der Waals surface area contributed by atoms with Gasteiger partial charge in [0.2, 0.25) is 23.8 Å². The standard InChI is InChI=1S/C45H56O23/c1-17(2)8-13-24-26(63-43-34(55)33(54)30(51)27(15-46)64-43)14-25(50)29-32(53)41(38(66-39(24)29)22-9-11-23(58-7)12-10-22)67-45-42(35(56)37(18(3)60-45)61-20(5)48)68-44-36(57)40(62-21(6)49)31(52)28(65-44)16-59-19(4)47/h8-12,14,18,27-28,30-31,33-37,40,42-46,50-52,54-57H,13,15-16H2,1-7H3. The lowest BCUT2D eigenvalue weighted by atomic mass is 9.97. The maximum Gasteiger partial charge on any atom is 0.303 e. The number of hydrogen-bond donors (Lipinski definition) is 8. The van der Waals surface area contributed by atoms with Crippen LogP contribution in [0.3, 0.4) is 0 Å². The first kappa shape index (κ1) is 51.9. The van der Waals surface area contributed by atoms with E-state index in [4.69, 9.17) is 51.8 Å². The van der Waals surface area contributed by atoms with E-state index in [0.717, 1.165) is 32.4 Å². The SMILES string of the molecule is COc1ccc(-c2oc3c(CC=C(C)C)c(OC4OC(CO)C(O)C(O)C4O)cc(O)c3c(=O)c2OC2OC(C)C(OC(C)=O)C(O)C2OC2OC(COC(C)=O)C(O)C(OC(C)=O)C2O)cc1. The van der Waals surface area contributed by atoms with Crippen molar-refractivity contribution in [1.82, 2.24) is 0 Å². The highest BCUT2D eigenvalue weighted by Crippen LogP contribution is 2.42. The quantitative estimate of drug-likeness (QED) is 0.0546. The van der Waals surface area contributed by atoms with E-state index in [2.05, 4.69) is 0 Å².